The Morgan fingerprint density at radius 1 is 1.22 bits per heavy atom. The van der Waals surface area contributed by atoms with Crippen molar-refractivity contribution in [3.8, 4) is 0 Å². The Morgan fingerprint density at radius 2 is 1.89 bits per heavy atom. The molecule has 0 bridgehead atoms. The molecule has 1 heterocycles. The highest BCUT2D eigenvalue weighted by molar-refractivity contribution is 7.99. The van der Waals surface area contributed by atoms with Crippen LogP contribution in [-0.4, -0.2) is 28.4 Å². The Hall–Kier alpha value is -1.09. The third-order valence-electron chi connectivity index (χ3n) is 4.73. The summed E-state index contributed by atoms with van der Waals surface area (Å²) in [4.78, 5) is 0.179. The van der Waals surface area contributed by atoms with Crippen molar-refractivity contribution < 1.29 is 8.42 Å². The van der Waals surface area contributed by atoms with E-state index in [1.807, 2.05) is 11.5 Å². The van der Waals surface area contributed by atoms with Gasteiger partial charge in [0, 0.05) is 16.8 Å². The first-order valence-corrected chi connectivity index (χ1v) is 12.0. The highest BCUT2D eigenvalue weighted by Gasteiger charge is 2.25. The molecule has 1 fully saturated rings. The second-order valence-corrected chi connectivity index (χ2v) is 10.2. The number of aromatic nitrogens is 3. The Bertz CT molecular complexity index is 862. The van der Waals surface area contributed by atoms with Gasteiger partial charge in [-0.05, 0) is 51.0 Å². The first kappa shape index (κ1) is 20.6. The van der Waals surface area contributed by atoms with Crippen LogP contribution in [0.15, 0.2) is 34.3 Å². The summed E-state index contributed by atoms with van der Waals surface area (Å²) in [5, 5.41) is 10.6. The van der Waals surface area contributed by atoms with Gasteiger partial charge in [0.1, 0.15) is 0 Å². The molecule has 1 aromatic heterocycles. The Kier molecular flexibility index (Phi) is 6.83. The lowest BCUT2D eigenvalue weighted by Gasteiger charge is -2.21. The fourth-order valence-electron chi connectivity index (χ4n) is 3.30. The van der Waals surface area contributed by atoms with Crippen molar-refractivity contribution in [1.29, 1.82) is 0 Å². The molecule has 0 saturated heterocycles. The summed E-state index contributed by atoms with van der Waals surface area (Å²) in [6, 6.07) is 5.62. The van der Waals surface area contributed by atoms with Crippen LogP contribution in [0.1, 0.15) is 57.8 Å². The van der Waals surface area contributed by atoms with Gasteiger partial charge in [-0.3, -0.25) is 0 Å². The molecule has 1 N–H and O–H groups in total. The van der Waals surface area contributed by atoms with E-state index in [2.05, 4.69) is 14.9 Å². The van der Waals surface area contributed by atoms with E-state index in [-0.39, 0.29) is 4.90 Å². The van der Waals surface area contributed by atoms with Crippen molar-refractivity contribution in [2.75, 3.05) is 0 Å². The monoisotopic (exact) mass is 428 g/mol. The van der Waals surface area contributed by atoms with Gasteiger partial charge >= 0.3 is 0 Å². The van der Waals surface area contributed by atoms with E-state index in [1.165, 1.54) is 44.2 Å². The van der Waals surface area contributed by atoms with Gasteiger partial charge in [-0.25, -0.2) is 13.1 Å². The molecule has 1 atom stereocenters. The van der Waals surface area contributed by atoms with E-state index in [1.54, 1.807) is 30.8 Å². The Labute approximate surface area is 170 Å². The molecule has 1 aromatic carbocycles. The standard InChI is InChI=1S/C18H25ClN4O2S2/c1-3-23-17(20-21-18(23)26-15-7-5-4-6-8-15)13(2)22-27(24,25)16-11-9-14(19)10-12-16/h9-13,15,22H,3-8H2,1-2H3/t13-/m1/s1. The highest BCUT2D eigenvalue weighted by Crippen LogP contribution is 2.33. The Balaban J connectivity index is 1.76. The lowest BCUT2D eigenvalue weighted by Crippen LogP contribution is -2.29. The molecule has 1 aliphatic rings. The van der Waals surface area contributed by atoms with Crippen LogP contribution in [0.3, 0.4) is 0 Å². The maximum atomic E-state index is 12.6. The second-order valence-electron chi connectivity index (χ2n) is 6.76. The molecule has 1 aliphatic carbocycles. The van der Waals surface area contributed by atoms with Crippen molar-refractivity contribution in [2.24, 2.45) is 0 Å². The van der Waals surface area contributed by atoms with Gasteiger partial charge in [-0.2, -0.15) is 0 Å². The van der Waals surface area contributed by atoms with Gasteiger partial charge in [0.2, 0.25) is 10.0 Å². The van der Waals surface area contributed by atoms with E-state index in [9.17, 15) is 8.42 Å². The number of sulfonamides is 1. The number of halogens is 1. The summed E-state index contributed by atoms with van der Waals surface area (Å²) in [6.07, 6.45) is 6.25. The normalized spacial score (nSPS) is 17.1. The number of hydrogen-bond acceptors (Lipinski definition) is 5. The summed E-state index contributed by atoms with van der Waals surface area (Å²) < 4.78 is 30.0. The van der Waals surface area contributed by atoms with Gasteiger partial charge in [0.15, 0.2) is 11.0 Å². The predicted molar refractivity (Wildman–Crippen MR) is 109 cm³/mol. The van der Waals surface area contributed by atoms with E-state index < -0.39 is 16.1 Å². The Morgan fingerprint density at radius 3 is 2.52 bits per heavy atom. The molecular formula is C18H25ClN4O2S2. The molecular weight excluding hydrogens is 404 g/mol. The summed E-state index contributed by atoms with van der Waals surface area (Å²) in [6.45, 7) is 4.52. The smallest absolute Gasteiger partial charge is 0.241 e. The van der Waals surface area contributed by atoms with Crippen LogP contribution in [0.4, 0.5) is 0 Å². The molecule has 0 unspecified atom stereocenters. The van der Waals surface area contributed by atoms with Crippen molar-refractivity contribution in [3.05, 3.63) is 35.1 Å². The summed E-state index contributed by atoms with van der Waals surface area (Å²) in [5.41, 5.74) is 0. The fourth-order valence-corrected chi connectivity index (χ4v) is 5.94. The minimum atomic E-state index is -3.66. The first-order chi connectivity index (χ1) is 12.9. The van der Waals surface area contributed by atoms with Gasteiger partial charge in [-0.1, -0.05) is 42.6 Å². The molecule has 9 heteroatoms. The molecule has 0 spiro atoms. The molecule has 6 nitrogen and oxygen atoms in total. The van der Waals surface area contributed by atoms with Crippen LogP contribution in [0.25, 0.3) is 0 Å². The lowest BCUT2D eigenvalue weighted by atomic mass is 10.0. The molecule has 0 aliphatic heterocycles. The predicted octanol–water partition coefficient (Wildman–Crippen LogP) is 4.42. The van der Waals surface area contributed by atoms with E-state index in [0.717, 1.165) is 5.16 Å². The third kappa shape index (κ3) is 5.04. The minimum absolute atomic E-state index is 0.179. The van der Waals surface area contributed by atoms with Gasteiger partial charge in [0.25, 0.3) is 0 Å². The number of rotatable bonds is 7. The summed E-state index contributed by atoms with van der Waals surface area (Å²) in [7, 11) is -3.66. The SMILES string of the molecule is CCn1c(SC2CCCCC2)nnc1[C@@H](C)NS(=O)(=O)c1ccc(Cl)cc1. The van der Waals surface area contributed by atoms with Gasteiger partial charge in [0.05, 0.1) is 10.9 Å². The van der Waals surface area contributed by atoms with Crippen molar-refractivity contribution in [2.45, 2.75) is 73.8 Å². The number of nitrogens with zero attached hydrogens (tertiary/aromatic N) is 3. The average molecular weight is 429 g/mol. The first-order valence-electron chi connectivity index (χ1n) is 9.28. The molecule has 3 rings (SSSR count). The van der Waals surface area contributed by atoms with Gasteiger partial charge in [-0.15, -0.1) is 10.2 Å². The molecule has 148 valence electrons. The van der Waals surface area contributed by atoms with Crippen LogP contribution >= 0.6 is 23.4 Å². The van der Waals surface area contributed by atoms with Crippen LogP contribution in [-0.2, 0) is 16.6 Å². The van der Waals surface area contributed by atoms with E-state index in [0.29, 0.717) is 22.6 Å². The number of nitrogens with one attached hydrogen (secondary N) is 1. The number of thioether (sulfide) groups is 1. The molecule has 0 amide bonds. The topological polar surface area (TPSA) is 76.9 Å². The third-order valence-corrected chi connectivity index (χ3v) is 7.86. The molecule has 2 aromatic rings. The van der Waals surface area contributed by atoms with Crippen molar-refractivity contribution in [1.82, 2.24) is 19.5 Å². The quantitative estimate of drug-likeness (QED) is 0.706. The zero-order chi connectivity index (χ0) is 19.4. The zero-order valence-electron chi connectivity index (χ0n) is 15.6. The van der Waals surface area contributed by atoms with Crippen molar-refractivity contribution in [3.63, 3.8) is 0 Å². The average Bonchev–Trinajstić information content (AvgIpc) is 3.05. The van der Waals surface area contributed by atoms with Crippen LogP contribution in [0.2, 0.25) is 5.02 Å². The maximum absolute atomic E-state index is 12.6. The maximum Gasteiger partial charge on any atom is 0.241 e. The van der Waals surface area contributed by atoms with E-state index >= 15 is 0 Å². The molecule has 1 saturated carbocycles. The minimum Gasteiger partial charge on any atom is -0.305 e. The second kappa shape index (κ2) is 8.94. The fraction of sp³-hybridized carbons (Fsp3) is 0.556. The zero-order valence-corrected chi connectivity index (χ0v) is 17.9. The highest BCUT2D eigenvalue weighted by atomic mass is 35.5. The largest absolute Gasteiger partial charge is 0.305 e. The van der Waals surface area contributed by atoms with Crippen LogP contribution < -0.4 is 4.72 Å². The van der Waals surface area contributed by atoms with Crippen molar-refractivity contribution >= 4 is 33.4 Å². The molecule has 0 radical (unpaired) electrons. The summed E-state index contributed by atoms with van der Waals surface area (Å²) in [5.74, 6) is 0.633. The number of hydrogen-bond donors (Lipinski definition) is 1. The lowest BCUT2D eigenvalue weighted by molar-refractivity contribution is 0.512. The molecule has 27 heavy (non-hydrogen) atoms. The van der Waals surface area contributed by atoms with E-state index in [4.69, 9.17) is 11.6 Å². The number of benzene rings is 1. The van der Waals surface area contributed by atoms with Crippen LogP contribution in [0, 0.1) is 0 Å². The summed E-state index contributed by atoms with van der Waals surface area (Å²) >= 11 is 7.61. The van der Waals surface area contributed by atoms with Crippen LogP contribution in [0.5, 0.6) is 0 Å². The van der Waals surface area contributed by atoms with Gasteiger partial charge < -0.3 is 4.57 Å².